The largest absolute Gasteiger partial charge is 0.347 e. The number of hydrogen-bond acceptors (Lipinski definition) is 4. The van der Waals surface area contributed by atoms with E-state index in [0.29, 0.717) is 12.2 Å². The lowest BCUT2D eigenvalue weighted by Crippen LogP contribution is -2.28. The van der Waals surface area contributed by atoms with Crippen molar-refractivity contribution in [2.75, 3.05) is 0 Å². The number of nitrogens with zero attached hydrogens (tertiary/aromatic N) is 4. The molecule has 0 spiro atoms. The van der Waals surface area contributed by atoms with Crippen LogP contribution in [0.2, 0.25) is 0 Å². The number of rotatable bonds is 1. The predicted octanol–water partition coefficient (Wildman–Crippen LogP) is 1.67. The molecule has 3 heterocycles. The quantitative estimate of drug-likeness (QED) is 0.554. The maximum atomic E-state index is 12.1. The zero-order chi connectivity index (χ0) is 17.1. The molecule has 2 aromatic heterocycles. The highest BCUT2D eigenvalue weighted by Gasteiger charge is 2.26. The van der Waals surface area contributed by atoms with E-state index in [-0.39, 0.29) is 11.7 Å². The highest BCUT2D eigenvalue weighted by molar-refractivity contribution is 5.94. The zero-order valence-corrected chi connectivity index (χ0v) is 13.6. The molecule has 0 aliphatic carbocycles. The fourth-order valence-electron chi connectivity index (χ4n) is 3.68. The van der Waals surface area contributed by atoms with Crippen LogP contribution in [0, 0.1) is 0 Å². The molecule has 25 heavy (non-hydrogen) atoms. The average Bonchev–Trinajstić information content (AvgIpc) is 3.19. The summed E-state index contributed by atoms with van der Waals surface area (Å²) < 4.78 is 3.43. The number of aromatic nitrogens is 5. The van der Waals surface area contributed by atoms with Crippen LogP contribution in [0.4, 0.5) is 0 Å². The fourth-order valence-corrected chi connectivity index (χ4v) is 3.68. The van der Waals surface area contributed by atoms with Gasteiger partial charge in [-0.15, -0.1) is 0 Å². The van der Waals surface area contributed by atoms with Gasteiger partial charge in [-0.1, -0.05) is 18.2 Å². The summed E-state index contributed by atoms with van der Waals surface area (Å²) in [4.78, 5) is 12.1. The van der Waals surface area contributed by atoms with E-state index in [9.17, 15) is 4.79 Å². The Morgan fingerprint density at radius 2 is 2.16 bits per heavy atom. The van der Waals surface area contributed by atoms with Crippen LogP contribution in [0.3, 0.4) is 0 Å². The van der Waals surface area contributed by atoms with Crippen molar-refractivity contribution in [1.29, 1.82) is 0 Å². The Morgan fingerprint density at radius 1 is 1.28 bits per heavy atom. The molecule has 0 amide bonds. The van der Waals surface area contributed by atoms with E-state index >= 15 is 0 Å². The molecule has 1 atom stereocenters. The number of nitrogens with one attached hydrogen (secondary N) is 1. The van der Waals surface area contributed by atoms with Crippen molar-refractivity contribution >= 4 is 10.9 Å². The molecule has 2 aromatic carbocycles. The molecule has 1 unspecified atom stereocenters. The number of nitrogens with two attached hydrogens (primary N) is 1. The summed E-state index contributed by atoms with van der Waals surface area (Å²) in [6.07, 6.45) is 2.53. The molecule has 0 saturated carbocycles. The van der Waals surface area contributed by atoms with Gasteiger partial charge < -0.3 is 5.73 Å². The Hall–Kier alpha value is -3.19. The van der Waals surface area contributed by atoms with Crippen molar-refractivity contribution in [2.24, 2.45) is 12.8 Å². The summed E-state index contributed by atoms with van der Waals surface area (Å²) in [5.74, 6) is 0.583. The van der Waals surface area contributed by atoms with Crippen molar-refractivity contribution in [3.63, 3.8) is 0 Å². The first kappa shape index (κ1) is 14.2. The predicted molar refractivity (Wildman–Crippen MR) is 94.5 cm³/mol. The molecule has 4 aromatic rings. The third kappa shape index (κ3) is 1.93. The summed E-state index contributed by atoms with van der Waals surface area (Å²) in [7, 11) is 1.94. The number of benzene rings is 2. The van der Waals surface area contributed by atoms with Crippen LogP contribution in [-0.2, 0) is 13.5 Å². The fraction of sp³-hybridized carbons (Fsp3) is 0.167. The molecule has 0 bridgehead atoms. The molecule has 7 nitrogen and oxygen atoms in total. The van der Waals surface area contributed by atoms with E-state index in [1.54, 1.807) is 4.57 Å². The highest BCUT2D eigenvalue weighted by atomic mass is 16.1. The maximum Gasteiger partial charge on any atom is 0.347 e. The van der Waals surface area contributed by atoms with Crippen LogP contribution in [0.15, 0.2) is 47.4 Å². The minimum absolute atomic E-state index is 0.256. The van der Waals surface area contributed by atoms with Gasteiger partial charge in [0.2, 0.25) is 0 Å². The van der Waals surface area contributed by atoms with Crippen molar-refractivity contribution in [3.05, 3.63) is 64.5 Å². The van der Waals surface area contributed by atoms with Crippen molar-refractivity contribution in [3.8, 4) is 16.8 Å². The van der Waals surface area contributed by atoms with Crippen LogP contribution in [0.1, 0.15) is 17.4 Å². The second-order valence-electron chi connectivity index (χ2n) is 6.38. The summed E-state index contributed by atoms with van der Waals surface area (Å²) in [5.41, 5.74) is 11.1. The molecule has 3 N–H and O–H groups in total. The van der Waals surface area contributed by atoms with Gasteiger partial charge in [0.1, 0.15) is 0 Å². The second-order valence-corrected chi connectivity index (χ2v) is 6.38. The van der Waals surface area contributed by atoms with Gasteiger partial charge in [-0.3, -0.25) is 4.68 Å². The highest BCUT2D eigenvalue weighted by Crippen LogP contribution is 2.33. The first-order chi connectivity index (χ1) is 12.1. The van der Waals surface area contributed by atoms with Gasteiger partial charge in [-0.05, 0) is 41.3 Å². The SMILES string of the molecule is Cn1ncc2c(-c3ccc4c(c3)CC(N)c3n[nH]c(=O)n3-4)cccc21. The van der Waals surface area contributed by atoms with E-state index < -0.39 is 0 Å². The van der Waals surface area contributed by atoms with Crippen LogP contribution in [-0.4, -0.2) is 24.5 Å². The van der Waals surface area contributed by atoms with Gasteiger partial charge >= 0.3 is 5.69 Å². The lowest BCUT2D eigenvalue weighted by atomic mass is 9.94. The average molecular weight is 332 g/mol. The second kappa shape index (κ2) is 4.90. The van der Waals surface area contributed by atoms with Crippen LogP contribution in [0.5, 0.6) is 0 Å². The standard InChI is InChI=1S/C18H16N6O/c1-23-16-4-2-3-12(13(16)9-20-23)10-5-6-15-11(7-10)8-14(19)17-21-22-18(25)24(15)17/h2-7,9,14H,8,19H2,1H3,(H,22,25). The molecule has 7 heteroatoms. The number of hydrogen-bond donors (Lipinski definition) is 2. The Bertz CT molecular complexity index is 1180. The Balaban J connectivity index is 1.73. The smallest absolute Gasteiger partial charge is 0.321 e. The molecular formula is C18H16N6O. The molecule has 0 saturated heterocycles. The first-order valence-electron chi connectivity index (χ1n) is 8.11. The molecular weight excluding hydrogens is 316 g/mol. The van der Waals surface area contributed by atoms with Crippen LogP contribution >= 0.6 is 0 Å². The molecule has 0 radical (unpaired) electrons. The van der Waals surface area contributed by atoms with E-state index in [0.717, 1.165) is 33.3 Å². The summed E-state index contributed by atoms with van der Waals surface area (Å²) in [5, 5.41) is 12.0. The van der Waals surface area contributed by atoms with E-state index in [4.69, 9.17) is 5.73 Å². The molecule has 1 aliphatic heterocycles. The monoisotopic (exact) mass is 332 g/mol. The zero-order valence-electron chi connectivity index (χ0n) is 13.6. The van der Waals surface area contributed by atoms with Crippen LogP contribution < -0.4 is 11.4 Å². The molecule has 0 fully saturated rings. The third-order valence-corrected chi connectivity index (χ3v) is 4.89. The molecule has 1 aliphatic rings. The van der Waals surface area contributed by atoms with Crippen molar-refractivity contribution < 1.29 is 0 Å². The van der Waals surface area contributed by atoms with Gasteiger partial charge in [-0.25, -0.2) is 14.5 Å². The van der Waals surface area contributed by atoms with Crippen LogP contribution in [0.25, 0.3) is 27.7 Å². The topological polar surface area (TPSA) is 94.5 Å². The van der Waals surface area contributed by atoms with E-state index in [1.165, 1.54) is 0 Å². The van der Waals surface area contributed by atoms with Gasteiger partial charge in [0.05, 0.1) is 23.4 Å². The molecule has 124 valence electrons. The molecule has 5 rings (SSSR count). The van der Waals surface area contributed by atoms with Gasteiger partial charge in [0.15, 0.2) is 5.82 Å². The lowest BCUT2D eigenvalue weighted by Gasteiger charge is -2.22. The van der Waals surface area contributed by atoms with Gasteiger partial charge in [0.25, 0.3) is 0 Å². The van der Waals surface area contributed by atoms with Crippen molar-refractivity contribution in [1.82, 2.24) is 24.5 Å². The van der Waals surface area contributed by atoms with Crippen molar-refractivity contribution in [2.45, 2.75) is 12.5 Å². The Kier molecular flexibility index (Phi) is 2.78. The Labute approximate surface area is 142 Å². The summed E-state index contributed by atoms with van der Waals surface area (Å²) in [6, 6.07) is 12.0. The number of fused-ring (bicyclic) bond motifs is 4. The normalized spacial score (nSPS) is 16.0. The van der Waals surface area contributed by atoms with Gasteiger partial charge in [-0.2, -0.15) is 10.2 Å². The van der Waals surface area contributed by atoms with E-state index in [1.807, 2.05) is 36.1 Å². The Morgan fingerprint density at radius 3 is 3.04 bits per heavy atom. The minimum Gasteiger partial charge on any atom is -0.321 e. The lowest BCUT2D eigenvalue weighted by molar-refractivity contribution is 0.619. The first-order valence-corrected chi connectivity index (χ1v) is 8.11. The van der Waals surface area contributed by atoms with Gasteiger partial charge in [0, 0.05) is 12.4 Å². The summed E-state index contributed by atoms with van der Waals surface area (Å²) in [6.45, 7) is 0. The summed E-state index contributed by atoms with van der Waals surface area (Å²) >= 11 is 0. The number of aryl methyl sites for hydroxylation is 1. The number of aromatic amines is 1. The van der Waals surface area contributed by atoms with E-state index in [2.05, 4.69) is 33.5 Å². The minimum atomic E-state index is -0.295. The maximum absolute atomic E-state index is 12.1. The third-order valence-electron chi connectivity index (χ3n) is 4.89. The number of H-pyrrole nitrogens is 1.